The molecule has 0 amide bonds. The molecule has 2 aliphatic heterocycles. The summed E-state index contributed by atoms with van der Waals surface area (Å²) in [4.78, 5) is 42.2. The van der Waals surface area contributed by atoms with Gasteiger partial charge in [0, 0.05) is 32.3 Å². The Morgan fingerprint density at radius 1 is 1.09 bits per heavy atom. The van der Waals surface area contributed by atoms with E-state index in [1.165, 1.54) is 14.0 Å². The van der Waals surface area contributed by atoms with Crippen LogP contribution in [0.5, 0.6) is 0 Å². The molecule has 12 heteroatoms. The third kappa shape index (κ3) is 5.01. The number of thioether (sulfide) groups is 2. The third-order valence-electron chi connectivity index (χ3n) is 11.2. The van der Waals surface area contributed by atoms with Gasteiger partial charge in [0.25, 0.3) is 0 Å². The van der Waals surface area contributed by atoms with E-state index in [0.717, 1.165) is 17.9 Å². The van der Waals surface area contributed by atoms with Crippen LogP contribution in [0, 0.1) is 16.7 Å². The molecular weight excluding hydrogens is 632 g/mol. The molecule has 2 bridgehead atoms. The van der Waals surface area contributed by atoms with Crippen LogP contribution < -0.4 is 0 Å². The molecule has 6 rings (SSSR count). The van der Waals surface area contributed by atoms with Crippen molar-refractivity contribution in [3.8, 4) is 0 Å². The standard InChI is InChI=1S/C34H44O10S2/c1-18-21(36)16-34(39)28(43-29(38)20-11-8-7-9-12-20)26-32(5,27(37)25(40-6)24(18)31(34,3)4)22(42-30-45-13-10-14-46-30)15-23-33(26,17-41-23)44-19(2)35/h7-9,11-12,21-23,25-26,28,30,36,39H,10,13-17H2,1-6H3/t21-,22-,23+,25+,26-,28-,32+,33-,34+/m0/s1. The predicted molar refractivity (Wildman–Crippen MR) is 172 cm³/mol. The molecule has 3 aliphatic carbocycles. The van der Waals surface area contributed by atoms with E-state index < -0.39 is 70.4 Å². The molecule has 9 atom stereocenters. The van der Waals surface area contributed by atoms with E-state index in [-0.39, 0.29) is 35.6 Å². The van der Waals surface area contributed by atoms with Crippen LogP contribution in [0.25, 0.3) is 0 Å². The fraction of sp³-hybridized carbons (Fsp3) is 0.676. The second-order valence-corrected chi connectivity index (χ2v) is 16.5. The quantitative estimate of drug-likeness (QED) is 0.334. The van der Waals surface area contributed by atoms with Crippen LogP contribution in [-0.2, 0) is 33.3 Å². The van der Waals surface area contributed by atoms with Crippen molar-refractivity contribution in [2.24, 2.45) is 16.7 Å². The van der Waals surface area contributed by atoms with Crippen molar-refractivity contribution in [3.05, 3.63) is 47.0 Å². The Balaban J connectivity index is 1.62. The maximum atomic E-state index is 15.3. The summed E-state index contributed by atoms with van der Waals surface area (Å²) in [6, 6.07) is 8.41. The van der Waals surface area contributed by atoms with Gasteiger partial charge < -0.3 is 33.9 Å². The van der Waals surface area contributed by atoms with E-state index in [1.54, 1.807) is 81.6 Å². The molecule has 2 saturated carbocycles. The Hall–Kier alpha value is -1.93. The summed E-state index contributed by atoms with van der Waals surface area (Å²) in [6.45, 7) is 8.29. The minimum atomic E-state index is -1.95. The van der Waals surface area contributed by atoms with Gasteiger partial charge in [-0.25, -0.2) is 4.79 Å². The van der Waals surface area contributed by atoms with Crippen LogP contribution in [-0.4, -0.2) is 99.6 Å². The van der Waals surface area contributed by atoms with Gasteiger partial charge >= 0.3 is 11.9 Å². The fourth-order valence-electron chi connectivity index (χ4n) is 8.71. The third-order valence-corrected chi connectivity index (χ3v) is 13.8. The van der Waals surface area contributed by atoms with E-state index in [9.17, 15) is 19.8 Å². The zero-order chi connectivity index (χ0) is 33.2. The highest BCUT2D eigenvalue weighted by atomic mass is 32.2. The first-order chi connectivity index (χ1) is 21.7. The molecular formula is C34H44O10S2. The summed E-state index contributed by atoms with van der Waals surface area (Å²) in [5, 5.41) is 24.6. The van der Waals surface area contributed by atoms with Crippen molar-refractivity contribution in [1.29, 1.82) is 0 Å². The maximum absolute atomic E-state index is 15.3. The molecule has 2 heterocycles. The Kier molecular flexibility index (Phi) is 9.00. The molecule has 1 aromatic carbocycles. The molecule has 0 unspecified atom stereocenters. The zero-order valence-corrected chi connectivity index (χ0v) is 28.8. The van der Waals surface area contributed by atoms with Gasteiger partial charge in [0.2, 0.25) is 0 Å². The van der Waals surface area contributed by atoms with Crippen LogP contribution in [0.3, 0.4) is 0 Å². The van der Waals surface area contributed by atoms with Crippen LogP contribution in [0.15, 0.2) is 41.5 Å². The molecule has 46 heavy (non-hydrogen) atoms. The first-order valence-electron chi connectivity index (χ1n) is 15.9. The number of rotatable bonds is 6. The average molecular weight is 677 g/mol. The lowest BCUT2D eigenvalue weighted by atomic mass is 9.44. The molecule has 0 aromatic heterocycles. The number of ketones is 1. The number of benzene rings is 1. The molecule has 5 aliphatic rings. The Morgan fingerprint density at radius 2 is 1.76 bits per heavy atom. The Labute approximate surface area is 278 Å². The molecule has 252 valence electrons. The van der Waals surface area contributed by atoms with E-state index in [1.807, 2.05) is 0 Å². The van der Waals surface area contributed by atoms with Crippen molar-refractivity contribution in [1.82, 2.24) is 0 Å². The number of ether oxygens (including phenoxy) is 5. The van der Waals surface area contributed by atoms with Crippen molar-refractivity contribution >= 4 is 41.2 Å². The van der Waals surface area contributed by atoms with Gasteiger partial charge in [0.05, 0.1) is 35.7 Å². The molecule has 2 N–H and O–H groups in total. The van der Waals surface area contributed by atoms with Gasteiger partial charge in [0.15, 0.2) is 11.4 Å². The number of fused-ring (bicyclic) bond motifs is 5. The number of aliphatic hydroxyl groups excluding tert-OH is 1. The van der Waals surface area contributed by atoms with Crippen molar-refractivity contribution in [2.75, 3.05) is 25.2 Å². The maximum Gasteiger partial charge on any atom is 0.338 e. The number of carbonyl (C=O) groups excluding carboxylic acids is 3. The first-order valence-corrected chi connectivity index (χ1v) is 18.0. The lowest BCUT2D eigenvalue weighted by Crippen LogP contribution is -2.82. The summed E-state index contributed by atoms with van der Waals surface area (Å²) in [6.07, 6.45) is -4.15. The Morgan fingerprint density at radius 3 is 2.35 bits per heavy atom. The van der Waals surface area contributed by atoms with Crippen LogP contribution in [0.1, 0.15) is 64.2 Å². The normalized spacial score (nSPS) is 40.5. The highest BCUT2D eigenvalue weighted by Crippen LogP contribution is 2.65. The minimum absolute atomic E-state index is 0.0672. The smallest absolute Gasteiger partial charge is 0.338 e. The molecule has 0 spiro atoms. The van der Waals surface area contributed by atoms with Gasteiger partial charge in [0.1, 0.15) is 28.7 Å². The highest BCUT2D eigenvalue weighted by Gasteiger charge is 2.78. The average Bonchev–Trinajstić information content (AvgIpc) is 3.01. The SMILES string of the molecule is CO[C@H]1C(=O)[C@]2(C)[C@@H](OC3SCCCS3)C[C@H]3OC[C@@]3(OC(C)=O)[C@H]2[C@H](OC(=O)c2ccccc2)[C@]2(O)C[C@H](O)C(C)=C1C2(C)C. The second-order valence-electron chi connectivity index (χ2n) is 13.9. The van der Waals surface area contributed by atoms with Crippen LogP contribution in [0.2, 0.25) is 0 Å². The molecule has 10 nitrogen and oxygen atoms in total. The second kappa shape index (κ2) is 12.2. The summed E-state index contributed by atoms with van der Waals surface area (Å²) in [5.41, 5.74) is -4.91. The van der Waals surface area contributed by atoms with Crippen molar-refractivity contribution in [2.45, 2.75) is 100 Å². The monoisotopic (exact) mass is 676 g/mol. The fourth-order valence-corrected chi connectivity index (χ4v) is 11.3. The number of hydrogen-bond acceptors (Lipinski definition) is 12. The highest BCUT2D eigenvalue weighted by molar-refractivity contribution is 8.17. The number of Topliss-reactive ketones (excluding diaryl/α,β-unsaturated/α-hetero) is 1. The van der Waals surface area contributed by atoms with Gasteiger partial charge in [-0.2, -0.15) is 0 Å². The van der Waals surface area contributed by atoms with Gasteiger partial charge in [-0.1, -0.05) is 32.0 Å². The lowest BCUT2D eigenvalue weighted by molar-refractivity contribution is -0.348. The van der Waals surface area contributed by atoms with Crippen molar-refractivity contribution < 1.29 is 48.3 Å². The molecule has 1 aromatic rings. The number of methoxy groups -OCH3 is 1. The van der Waals surface area contributed by atoms with Gasteiger partial charge in [-0.3, -0.25) is 9.59 Å². The predicted octanol–water partition coefficient (Wildman–Crippen LogP) is 3.91. The van der Waals surface area contributed by atoms with E-state index in [4.69, 9.17) is 23.7 Å². The topological polar surface area (TPSA) is 138 Å². The van der Waals surface area contributed by atoms with Crippen LogP contribution in [0.4, 0.5) is 0 Å². The number of esters is 2. The molecule has 4 fully saturated rings. The van der Waals surface area contributed by atoms with E-state index in [0.29, 0.717) is 11.1 Å². The largest absolute Gasteiger partial charge is 0.455 e. The summed E-state index contributed by atoms with van der Waals surface area (Å²) in [7, 11) is 1.44. The number of carbonyl (C=O) groups is 3. The molecule has 0 radical (unpaired) electrons. The van der Waals surface area contributed by atoms with E-state index in [2.05, 4.69) is 0 Å². The van der Waals surface area contributed by atoms with E-state index >= 15 is 4.79 Å². The number of hydrogen-bond donors (Lipinski definition) is 2. The Bertz CT molecular complexity index is 1410. The minimum Gasteiger partial charge on any atom is -0.455 e. The lowest BCUT2D eigenvalue weighted by Gasteiger charge is -2.68. The van der Waals surface area contributed by atoms with Crippen molar-refractivity contribution in [3.63, 3.8) is 0 Å². The number of aliphatic hydroxyl groups is 2. The summed E-state index contributed by atoms with van der Waals surface area (Å²) < 4.78 is 31.3. The van der Waals surface area contributed by atoms with Gasteiger partial charge in [-0.05, 0) is 55.1 Å². The molecule has 2 saturated heterocycles. The summed E-state index contributed by atoms with van der Waals surface area (Å²) in [5.74, 6) is -0.976. The first kappa shape index (κ1) is 34.0. The zero-order valence-electron chi connectivity index (χ0n) is 27.1. The van der Waals surface area contributed by atoms with Gasteiger partial charge in [-0.15, -0.1) is 23.5 Å². The summed E-state index contributed by atoms with van der Waals surface area (Å²) >= 11 is 3.32. The van der Waals surface area contributed by atoms with Crippen LogP contribution >= 0.6 is 23.5 Å².